The van der Waals surface area contributed by atoms with Crippen molar-refractivity contribution in [1.29, 1.82) is 0 Å². The monoisotopic (exact) mass is 1660 g/mol. The number of aromatic nitrogens is 4. The molecule has 1 unspecified atom stereocenters. The van der Waals surface area contributed by atoms with Gasteiger partial charge < -0.3 is 49.3 Å². The number of ketones is 2. The molecule has 6 amide bonds. The summed E-state index contributed by atoms with van der Waals surface area (Å²) in [6.45, 7) is 16.0. The van der Waals surface area contributed by atoms with Crippen molar-refractivity contribution in [2.75, 3.05) is 85.7 Å². The molecule has 0 bridgehead atoms. The molecule has 117 heavy (non-hydrogen) atoms. The first-order chi connectivity index (χ1) is 56.1. The third kappa shape index (κ3) is 24.0. The first-order valence-electron chi connectivity index (χ1n) is 40.0. The lowest BCUT2D eigenvalue weighted by Gasteiger charge is -2.24. The molecule has 4 aromatic heterocycles. The molecule has 24 nitrogen and oxygen atoms in total. The highest BCUT2D eigenvalue weighted by molar-refractivity contribution is 8.29. The normalized spacial score (nSPS) is 14.5. The molecule has 0 fully saturated rings. The third-order valence-corrected chi connectivity index (χ3v) is 26.5. The van der Waals surface area contributed by atoms with Crippen LogP contribution in [0.15, 0.2) is 144 Å². The largest absolute Gasteiger partial charge is 0.493 e. The van der Waals surface area contributed by atoms with E-state index >= 15 is 0 Å². The Hall–Kier alpha value is -10.2. The van der Waals surface area contributed by atoms with E-state index in [1.54, 1.807) is 149 Å². The number of benzene rings is 4. The van der Waals surface area contributed by atoms with Gasteiger partial charge >= 0.3 is 0 Å². The van der Waals surface area contributed by atoms with Crippen molar-refractivity contribution in [3.8, 4) is 23.0 Å². The van der Waals surface area contributed by atoms with Gasteiger partial charge in [0.15, 0.2) is 34.6 Å². The molecule has 4 aliphatic rings. The topological polar surface area (TPSA) is 288 Å². The van der Waals surface area contributed by atoms with Gasteiger partial charge in [-0.2, -0.15) is 12.6 Å². The van der Waals surface area contributed by atoms with E-state index in [1.165, 1.54) is 52.7 Å². The summed E-state index contributed by atoms with van der Waals surface area (Å²) in [5.74, 6) is 0.282. The van der Waals surface area contributed by atoms with Crippen LogP contribution >= 0.6 is 20.6 Å². The summed E-state index contributed by atoms with van der Waals surface area (Å²) < 4.78 is 25.9. The fraction of sp³-hybridized carbons (Fsp3) is 0.416. The number of hydrogen-bond donors (Lipinski definition) is 5. The van der Waals surface area contributed by atoms with Crippen LogP contribution in [0.3, 0.4) is 0 Å². The molecule has 620 valence electrons. The van der Waals surface area contributed by atoms with Crippen LogP contribution in [0.25, 0.3) is 0 Å². The zero-order valence-electron chi connectivity index (χ0n) is 69.0. The summed E-state index contributed by atoms with van der Waals surface area (Å²) in [6.07, 6.45) is 24.8. The molecular formula is C89H109N12O12PS3. The lowest BCUT2D eigenvalue weighted by molar-refractivity contribution is -0.117. The highest BCUT2D eigenvalue weighted by Crippen LogP contribution is 2.44. The van der Waals surface area contributed by atoms with Crippen LogP contribution in [-0.2, 0) is 70.0 Å². The van der Waals surface area contributed by atoms with E-state index in [0.29, 0.717) is 115 Å². The van der Waals surface area contributed by atoms with Gasteiger partial charge in [-0.25, -0.2) is 9.97 Å². The summed E-state index contributed by atoms with van der Waals surface area (Å²) in [6, 6.07) is 35.2. The van der Waals surface area contributed by atoms with Gasteiger partial charge in [-0.1, -0.05) is 99.8 Å². The van der Waals surface area contributed by atoms with Gasteiger partial charge in [0.2, 0.25) is 11.8 Å². The SMILES string of the molecule is CCCCP(CCCC)CCCC.COc1cc2c(cc1OCCCC(=O)Nc1cccc(C(=O)Cc3cc(C(=O)NCC(C)(C)S(C)=S)n(C)c3)n1)N=C[C@@H]1Cc3ccccc3N1C2=O.COc1cc2c(cc1OCCCC(=O)Nc1cccc(C(=O)Cc3cc(C(=O)NCC(C)(C)S)n(C)c3)n1)N=C[C@@H]1Cc3ccccc3N1C2=O. The van der Waals surface area contributed by atoms with Gasteiger partial charge in [-0.05, 0) is 167 Å². The molecule has 0 spiro atoms. The van der Waals surface area contributed by atoms with Crippen LogP contribution in [0.1, 0.15) is 198 Å². The number of carbonyl (C=O) groups excluding carboxylic acids is 8. The highest BCUT2D eigenvalue weighted by Gasteiger charge is 2.39. The molecule has 8 aromatic rings. The Morgan fingerprint density at radius 3 is 1.36 bits per heavy atom. The number of anilines is 4. The fourth-order valence-corrected chi connectivity index (χ4v) is 17.2. The van der Waals surface area contributed by atoms with Crippen molar-refractivity contribution < 1.29 is 57.3 Å². The number of fused-ring (bicyclic) bond motifs is 8. The minimum absolute atomic E-state index is 0.0390. The smallest absolute Gasteiger partial charge is 0.267 e. The van der Waals surface area contributed by atoms with Gasteiger partial charge in [0, 0.05) is 124 Å². The number of Topliss-reactive ketones (excluding diaryl/α,β-unsaturated/α-hetero) is 2. The molecule has 0 radical (unpaired) electrons. The van der Waals surface area contributed by atoms with Crippen LogP contribution < -0.4 is 50.0 Å². The maximum Gasteiger partial charge on any atom is 0.267 e. The predicted octanol–water partition coefficient (Wildman–Crippen LogP) is 15.4. The number of unbranched alkanes of at least 4 members (excludes halogenated alkanes) is 3. The Morgan fingerprint density at radius 1 is 0.556 bits per heavy atom. The molecule has 8 heterocycles. The first kappa shape index (κ1) is 89.1. The van der Waals surface area contributed by atoms with Gasteiger partial charge in [-0.3, -0.25) is 58.1 Å². The average Bonchev–Trinajstić information content (AvgIpc) is 1.62. The molecule has 3 atom stereocenters. The number of ether oxygens (including phenoxy) is 4. The molecule has 4 aliphatic heterocycles. The van der Waals surface area contributed by atoms with E-state index < -0.39 is 0 Å². The number of thiol groups is 1. The minimum Gasteiger partial charge on any atom is -0.493 e. The average molecular weight is 1670 g/mol. The number of nitrogens with one attached hydrogen (secondary N) is 4. The lowest BCUT2D eigenvalue weighted by Crippen LogP contribution is -2.41. The number of rotatable bonds is 36. The number of para-hydroxylation sites is 2. The summed E-state index contributed by atoms with van der Waals surface area (Å²) in [5.41, 5.74) is 8.43. The first-order valence-corrected chi connectivity index (χ1v) is 44.9. The second-order valence-corrected chi connectivity index (χ2v) is 38.2. The van der Waals surface area contributed by atoms with E-state index in [0.717, 1.165) is 22.5 Å². The molecule has 4 N–H and O–H groups in total. The van der Waals surface area contributed by atoms with Gasteiger partial charge in [0.25, 0.3) is 23.6 Å². The summed E-state index contributed by atoms with van der Waals surface area (Å²) in [5, 5.41) is 11.3. The number of pyridine rings is 2. The molecule has 0 saturated carbocycles. The van der Waals surface area contributed by atoms with Crippen molar-refractivity contribution in [3.63, 3.8) is 0 Å². The van der Waals surface area contributed by atoms with Crippen LogP contribution in [0.2, 0.25) is 0 Å². The van der Waals surface area contributed by atoms with Gasteiger partial charge in [-0.15, -0.1) is 17.4 Å². The Kier molecular flexibility index (Phi) is 31.8. The molecule has 12 rings (SSSR count). The lowest BCUT2D eigenvalue weighted by atomic mass is 10.1. The molecular weight excluding hydrogens is 1560 g/mol. The number of nitrogens with zero attached hydrogens (tertiary/aromatic N) is 8. The Balaban J connectivity index is 0.000000214. The van der Waals surface area contributed by atoms with Crippen LogP contribution in [0.4, 0.5) is 34.4 Å². The Morgan fingerprint density at radius 2 is 0.966 bits per heavy atom. The van der Waals surface area contributed by atoms with Crippen LogP contribution in [0, 0.1) is 0 Å². The quantitative estimate of drug-likeness (QED) is 0.0106. The van der Waals surface area contributed by atoms with E-state index in [-0.39, 0.29) is 140 Å². The number of amides is 6. The zero-order valence-corrected chi connectivity index (χ0v) is 72.5. The summed E-state index contributed by atoms with van der Waals surface area (Å²) >= 11 is 9.85. The number of aryl methyl sites for hydroxylation is 2. The van der Waals surface area contributed by atoms with Crippen molar-refractivity contribution in [1.82, 2.24) is 29.7 Å². The van der Waals surface area contributed by atoms with Crippen molar-refractivity contribution in [3.05, 3.63) is 190 Å². The minimum atomic E-state index is -0.359. The van der Waals surface area contributed by atoms with E-state index in [9.17, 15) is 38.4 Å². The molecule has 0 aliphatic carbocycles. The molecule has 28 heteroatoms. The Labute approximate surface area is 700 Å². The highest BCUT2D eigenvalue weighted by atomic mass is 32.8. The number of methoxy groups -OCH3 is 2. The summed E-state index contributed by atoms with van der Waals surface area (Å²) in [7, 11) is 6.65. The van der Waals surface area contributed by atoms with Crippen molar-refractivity contribution in [2.45, 2.75) is 160 Å². The third-order valence-electron chi connectivity index (χ3n) is 20.4. The maximum atomic E-state index is 13.6. The van der Waals surface area contributed by atoms with E-state index in [4.69, 9.17) is 30.1 Å². The fourth-order valence-electron chi connectivity index (χ4n) is 13.8. The van der Waals surface area contributed by atoms with E-state index in [1.807, 2.05) is 82.5 Å². The summed E-state index contributed by atoms with van der Waals surface area (Å²) in [4.78, 5) is 126. The number of carbonyl (C=O) groups is 8. The van der Waals surface area contributed by atoms with Crippen molar-refractivity contribution >= 4 is 135 Å². The maximum absolute atomic E-state index is 13.6. The zero-order chi connectivity index (χ0) is 84.1. The standard InChI is InChI=1S/C39H42N6O6S2.C38H40N6O6S.C12H27P/c1-39(2,53(5)52)23-41-37(48)31-16-24(22-44(31)3)17-32(46)28-11-8-13-35(42-28)43-36(47)14-9-15-51-34-20-29-27(19-33(34)50-4)38(49)45-26(21-40-29)18-25-10-6-7-12-30(25)45;1-38(2,51)22-40-36(47)30-15-23(21-43(30)3)16-31(45)27-10-7-12-34(41-27)42-35(46)13-8-14-50-33-19-28-26(18-32(33)49-4)37(48)44-25(20-39-28)17-24-9-5-6-11-29(24)44;1-4-7-10-13(11-8-5-2)12-9-6-3/h6-8,10-13,16,19-22,26H,9,14-15,17-18,23H2,1-5H3,(H,41,48)(H,42,43,47);5-7,9-12,15,18-21,25,51H,8,13-14,16-17,22H2,1-4H3,(H,40,47)(H,41,42,46);4-12H2,1-3H3/t26-,53?;25-;/m00./s1. The second kappa shape index (κ2) is 41.8. The second-order valence-electron chi connectivity index (χ2n) is 30.7. The van der Waals surface area contributed by atoms with Gasteiger partial charge in [0.05, 0.1) is 62.0 Å². The predicted molar refractivity (Wildman–Crippen MR) is 475 cm³/mol. The number of aliphatic imine (C=N–C) groups is 2. The van der Waals surface area contributed by atoms with Crippen LogP contribution in [-0.4, -0.2) is 165 Å². The van der Waals surface area contributed by atoms with E-state index in [2.05, 4.69) is 74.6 Å². The van der Waals surface area contributed by atoms with Gasteiger partial charge in [0.1, 0.15) is 34.4 Å². The Bertz CT molecular complexity index is 4990. The molecule has 0 saturated heterocycles. The van der Waals surface area contributed by atoms with Crippen molar-refractivity contribution in [2.24, 2.45) is 24.1 Å². The number of hydrogen-bond acceptors (Lipinski definition) is 18. The van der Waals surface area contributed by atoms with Crippen LogP contribution in [0.5, 0.6) is 23.0 Å². The molecule has 4 aromatic carbocycles.